The Kier molecular flexibility index (Phi) is 12.6. The molecular weight excluding hydrogens is 394 g/mol. The number of thiol groups is 1. The molecule has 0 aliphatic rings. The highest BCUT2D eigenvalue weighted by Crippen LogP contribution is 2.03. The minimum Gasteiger partial charge on any atom is -0.481 e. The van der Waals surface area contributed by atoms with E-state index >= 15 is 0 Å². The third kappa shape index (κ3) is 10.7. The van der Waals surface area contributed by atoms with Gasteiger partial charge in [0.1, 0.15) is 18.6 Å². The molecule has 28 heavy (non-hydrogen) atoms. The summed E-state index contributed by atoms with van der Waals surface area (Å²) in [4.78, 5) is 58.1. The van der Waals surface area contributed by atoms with E-state index in [1.807, 2.05) is 0 Å². The third-order valence-electron chi connectivity index (χ3n) is 3.54. The molecule has 0 saturated carbocycles. The monoisotopic (exact) mass is 421 g/mol. The lowest BCUT2D eigenvalue weighted by Crippen LogP contribution is -2.56. The van der Waals surface area contributed by atoms with Crippen molar-refractivity contribution in [2.24, 2.45) is 11.5 Å². The zero-order valence-electron chi connectivity index (χ0n) is 15.2. The molecule has 0 aromatic rings. The Morgan fingerprint density at radius 1 is 0.893 bits per heavy atom. The topological polar surface area (TPSA) is 214 Å². The van der Waals surface area contributed by atoms with E-state index in [2.05, 4.69) is 28.6 Å². The van der Waals surface area contributed by atoms with E-state index in [1.54, 1.807) is 0 Å². The van der Waals surface area contributed by atoms with Crippen LogP contribution in [-0.4, -0.2) is 76.8 Å². The van der Waals surface area contributed by atoms with Gasteiger partial charge in [0, 0.05) is 5.75 Å². The van der Waals surface area contributed by atoms with Crippen LogP contribution in [0.25, 0.3) is 0 Å². The summed E-state index contributed by atoms with van der Waals surface area (Å²) in [7, 11) is 0. The number of nitrogens with one attached hydrogen (secondary N) is 3. The Morgan fingerprint density at radius 2 is 1.50 bits per heavy atom. The van der Waals surface area contributed by atoms with Crippen LogP contribution >= 0.6 is 12.6 Å². The van der Waals surface area contributed by atoms with Crippen molar-refractivity contribution in [2.75, 3.05) is 18.8 Å². The highest BCUT2D eigenvalue weighted by atomic mass is 32.1. The van der Waals surface area contributed by atoms with Crippen LogP contribution in [0.5, 0.6) is 0 Å². The molecule has 3 amide bonds. The van der Waals surface area contributed by atoms with Crippen LogP contribution in [-0.2, 0) is 24.0 Å². The molecule has 160 valence electrons. The Morgan fingerprint density at radius 3 is 2.00 bits per heavy atom. The molecule has 0 radical (unpaired) electrons. The van der Waals surface area contributed by atoms with Gasteiger partial charge in [-0.3, -0.25) is 24.0 Å². The van der Waals surface area contributed by atoms with Crippen LogP contribution < -0.4 is 27.4 Å². The van der Waals surface area contributed by atoms with E-state index in [4.69, 9.17) is 21.7 Å². The number of carboxylic acids is 2. The number of carboxylic acid groups (broad SMARTS) is 2. The van der Waals surface area contributed by atoms with Crippen molar-refractivity contribution >= 4 is 42.3 Å². The first-order chi connectivity index (χ1) is 13.1. The van der Waals surface area contributed by atoms with Gasteiger partial charge in [0.05, 0.1) is 12.5 Å². The number of carbonyl (C=O) groups excluding carboxylic acids is 3. The fourth-order valence-electron chi connectivity index (χ4n) is 2.07. The van der Waals surface area contributed by atoms with Crippen molar-refractivity contribution in [3.8, 4) is 0 Å². The maximum absolute atomic E-state index is 12.4. The average Bonchev–Trinajstić information content (AvgIpc) is 2.63. The highest BCUT2D eigenvalue weighted by molar-refractivity contribution is 7.80. The van der Waals surface area contributed by atoms with Crippen molar-refractivity contribution in [1.82, 2.24) is 16.0 Å². The van der Waals surface area contributed by atoms with E-state index in [0.717, 1.165) is 0 Å². The summed E-state index contributed by atoms with van der Waals surface area (Å²) < 4.78 is 0. The molecule has 0 aliphatic heterocycles. The van der Waals surface area contributed by atoms with Crippen LogP contribution in [0.3, 0.4) is 0 Å². The molecule has 0 heterocycles. The Labute approximate surface area is 167 Å². The summed E-state index contributed by atoms with van der Waals surface area (Å²) in [6, 6.07) is -3.64. The van der Waals surface area contributed by atoms with Gasteiger partial charge in [-0.15, -0.1) is 0 Å². The van der Waals surface area contributed by atoms with Crippen molar-refractivity contribution < 1.29 is 34.2 Å². The number of amides is 3. The van der Waals surface area contributed by atoms with Gasteiger partial charge in [0.25, 0.3) is 0 Å². The van der Waals surface area contributed by atoms with Gasteiger partial charge in [-0.1, -0.05) is 0 Å². The van der Waals surface area contributed by atoms with Gasteiger partial charge in [0.2, 0.25) is 17.7 Å². The predicted octanol–water partition coefficient (Wildman–Crippen LogP) is -2.98. The minimum atomic E-state index is -1.47. The number of carbonyl (C=O) groups is 5. The quantitative estimate of drug-likeness (QED) is 0.106. The smallest absolute Gasteiger partial charge is 0.322 e. The van der Waals surface area contributed by atoms with E-state index in [9.17, 15) is 24.0 Å². The summed E-state index contributed by atoms with van der Waals surface area (Å²) in [6.07, 6.45) is 0.439. The lowest BCUT2D eigenvalue weighted by molar-refractivity contribution is -0.141. The fourth-order valence-corrected chi connectivity index (χ4v) is 2.23. The van der Waals surface area contributed by atoms with E-state index in [0.29, 0.717) is 19.4 Å². The van der Waals surface area contributed by atoms with Gasteiger partial charge in [0.15, 0.2) is 0 Å². The lowest BCUT2D eigenvalue weighted by atomic mass is 10.1. The van der Waals surface area contributed by atoms with Crippen molar-refractivity contribution in [2.45, 2.75) is 43.8 Å². The first-order valence-electron chi connectivity index (χ1n) is 8.50. The Balaban J connectivity index is 5.18. The molecule has 13 heteroatoms. The van der Waals surface area contributed by atoms with Crippen molar-refractivity contribution in [3.05, 3.63) is 0 Å². The first kappa shape index (κ1) is 25.6. The van der Waals surface area contributed by atoms with Crippen LogP contribution in [0.4, 0.5) is 0 Å². The van der Waals surface area contributed by atoms with Gasteiger partial charge >= 0.3 is 11.9 Å². The molecule has 12 nitrogen and oxygen atoms in total. The van der Waals surface area contributed by atoms with Crippen LogP contribution in [0.15, 0.2) is 0 Å². The second-order valence-corrected chi connectivity index (χ2v) is 6.27. The second-order valence-electron chi connectivity index (χ2n) is 5.91. The van der Waals surface area contributed by atoms with E-state index in [1.165, 1.54) is 0 Å². The summed E-state index contributed by atoms with van der Waals surface area (Å²) in [6.45, 7) is -0.287. The molecule has 0 spiro atoms. The molecule has 3 unspecified atom stereocenters. The van der Waals surface area contributed by atoms with Gasteiger partial charge < -0.3 is 37.6 Å². The first-order valence-corrected chi connectivity index (χ1v) is 9.14. The minimum absolute atomic E-state index is 0.0213. The van der Waals surface area contributed by atoms with E-state index in [-0.39, 0.29) is 12.2 Å². The molecule has 0 saturated heterocycles. The SMILES string of the molecule is NCCCCC(NC(=O)C(CC(=O)O)NC(=O)C(N)CS)C(=O)NCC(=O)O. The number of aliphatic carboxylic acids is 2. The maximum atomic E-state index is 12.4. The number of rotatable bonds is 14. The van der Waals surface area contributed by atoms with Gasteiger partial charge in [-0.05, 0) is 25.8 Å². The summed E-state index contributed by atoms with van der Waals surface area (Å²) in [5, 5.41) is 24.3. The molecule has 9 N–H and O–H groups in total. The van der Waals surface area contributed by atoms with Crippen LogP contribution in [0.1, 0.15) is 25.7 Å². The lowest BCUT2D eigenvalue weighted by Gasteiger charge is -2.23. The number of nitrogens with two attached hydrogens (primary N) is 2. The molecule has 3 atom stereocenters. The highest BCUT2D eigenvalue weighted by Gasteiger charge is 2.29. The maximum Gasteiger partial charge on any atom is 0.322 e. The number of unbranched alkanes of at least 4 members (excludes halogenated alkanes) is 1. The molecule has 0 fully saturated rings. The van der Waals surface area contributed by atoms with Crippen molar-refractivity contribution in [1.29, 1.82) is 0 Å². The van der Waals surface area contributed by atoms with Crippen molar-refractivity contribution in [3.63, 3.8) is 0 Å². The summed E-state index contributed by atoms with van der Waals surface area (Å²) in [5.41, 5.74) is 10.9. The normalized spacial score (nSPS) is 13.7. The standard InChI is InChI=1S/C15H27N5O7S/c16-4-2-1-3-9(14(26)18-6-12(23)24)19-15(27)10(5-11(21)22)20-13(25)8(17)7-28/h8-10,28H,1-7,16-17H2,(H,18,26)(H,19,27)(H,20,25)(H,21,22)(H,23,24). The molecule has 0 aromatic heterocycles. The van der Waals surface area contributed by atoms with Crippen LogP contribution in [0.2, 0.25) is 0 Å². The zero-order valence-corrected chi connectivity index (χ0v) is 16.1. The summed E-state index contributed by atoms with van der Waals surface area (Å²) in [5.74, 6) is -5.07. The zero-order chi connectivity index (χ0) is 21.7. The summed E-state index contributed by atoms with van der Waals surface area (Å²) >= 11 is 3.86. The molecule has 0 aromatic carbocycles. The Bertz CT molecular complexity index is 575. The fraction of sp³-hybridized carbons (Fsp3) is 0.667. The second kappa shape index (κ2) is 13.7. The average molecular weight is 421 g/mol. The third-order valence-corrected chi connectivity index (χ3v) is 3.93. The molecule has 0 rings (SSSR count). The van der Waals surface area contributed by atoms with Gasteiger partial charge in [-0.2, -0.15) is 12.6 Å². The van der Waals surface area contributed by atoms with Crippen LogP contribution in [0, 0.1) is 0 Å². The molecular formula is C15H27N5O7S. The molecule has 0 bridgehead atoms. The van der Waals surface area contributed by atoms with Gasteiger partial charge in [-0.25, -0.2) is 0 Å². The largest absolute Gasteiger partial charge is 0.481 e. The number of hydrogen-bond donors (Lipinski definition) is 8. The Hall–Kier alpha value is -2.38. The number of hydrogen-bond acceptors (Lipinski definition) is 8. The molecule has 0 aliphatic carbocycles. The predicted molar refractivity (Wildman–Crippen MR) is 101 cm³/mol. The van der Waals surface area contributed by atoms with E-state index < -0.39 is 60.8 Å².